The summed E-state index contributed by atoms with van der Waals surface area (Å²) in [5.74, 6) is -0.300. The summed E-state index contributed by atoms with van der Waals surface area (Å²) < 4.78 is 0. The van der Waals surface area contributed by atoms with Gasteiger partial charge in [0.15, 0.2) is 0 Å². The van der Waals surface area contributed by atoms with Crippen LogP contribution in [0.25, 0.3) is 0 Å². The third kappa shape index (κ3) is 1.59. The van der Waals surface area contributed by atoms with Crippen molar-refractivity contribution in [1.29, 1.82) is 0 Å². The Morgan fingerprint density at radius 2 is 1.55 bits per heavy atom. The molecule has 0 radical (unpaired) electrons. The minimum atomic E-state index is -0.138. The lowest BCUT2D eigenvalue weighted by atomic mass is 9.85. The SMILES string of the molecule is O=C1C2CC=CCC2C(=O)N1c1ccc2c(c1)CCC2. The third-order valence-corrected chi connectivity index (χ3v) is 4.85. The van der Waals surface area contributed by atoms with Crippen LogP contribution in [0.1, 0.15) is 30.4 Å². The standard InChI is InChI=1S/C17H17NO2/c19-16-14-6-1-2-7-15(14)17(20)18(16)13-9-8-11-4-3-5-12(11)10-13/h1-2,8-10,14-15H,3-7H2. The van der Waals surface area contributed by atoms with Crippen LogP contribution in [0.4, 0.5) is 5.69 Å². The quantitative estimate of drug-likeness (QED) is 0.579. The highest BCUT2D eigenvalue weighted by Crippen LogP contribution is 2.38. The second-order valence-corrected chi connectivity index (χ2v) is 5.97. The molecule has 1 heterocycles. The molecule has 1 fully saturated rings. The first-order valence-corrected chi connectivity index (χ1v) is 7.40. The van der Waals surface area contributed by atoms with Gasteiger partial charge in [0.05, 0.1) is 17.5 Å². The minimum Gasteiger partial charge on any atom is -0.274 e. The van der Waals surface area contributed by atoms with Crippen LogP contribution >= 0.6 is 0 Å². The summed E-state index contributed by atoms with van der Waals surface area (Å²) in [4.78, 5) is 26.5. The highest BCUT2D eigenvalue weighted by molar-refractivity contribution is 6.22. The van der Waals surface area contributed by atoms with Crippen LogP contribution in [-0.2, 0) is 22.4 Å². The Hall–Kier alpha value is -1.90. The first kappa shape index (κ1) is 11.9. The van der Waals surface area contributed by atoms with Gasteiger partial charge in [0.2, 0.25) is 11.8 Å². The van der Waals surface area contributed by atoms with Crippen molar-refractivity contribution in [3.8, 4) is 0 Å². The minimum absolute atomic E-state index is 0.0118. The zero-order chi connectivity index (χ0) is 13.7. The van der Waals surface area contributed by atoms with Gasteiger partial charge in [0.25, 0.3) is 0 Å². The zero-order valence-electron chi connectivity index (χ0n) is 11.3. The molecule has 0 aromatic heterocycles. The van der Waals surface area contributed by atoms with E-state index in [2.05, 4.69) is 6.07 Å². The van der Waals surface area contributed by atoms with Gasteiger partial charge < -0.3 is 0 Å². The van der Waals surface area contributed by atoms with E-state index >= 15 is 0 Å². The number of hydrogen-bond acceptors (Lipinski definition) is 2. The normalized spacial score (nSPS) is 27.9. The van der Waals surface area contributed by atoms with E-state index in [4.69, 9.17) is 0 Å². The Morgan fingerprint density at radius 3 is 2.25 bits per heavy atom. The number of anilines is 1. The maximum atomic E-state index is 12.5. The summed E-state index contributed by atoms with van der Waals surface area (Å²) in [6.45, 7) is 0. The molecule has 1 saturated heterocycles. The van der Waals surface area contributed by atoms with Gasteiger partial charge >= 0.3 is 0 Å². The molecule has 1 aliphatic heterocycles. The van der Waals surface area contributed by atoms with Gasteiger partial charge in [-0.25, -0.2) is 0 Å². The smallest absolute Gasteiger partial charge is 0.238 e. The van der Waals surface area contributed by atoms with Crippen molar-refractivity contribution in [2.24, 2.45) is 11.8 Å². The molecule has 20 heavy (non-hydrogen) atoms. The fraction of sp³-hybridized carbons (Fsp3) is 0.412. The predicted molar refractivity (Wildman–Crippen MR) is 76.3 cm³/mol. The lowest BCUT2D eigenvalue weighted by Crippen LogP contribution is -2.30. The molecule has 1 aromatic carbocycles. The fourth-order valence-corrected chi connectivity index (χ4v) is 3.75. The van der Waals surface area contributed by atoms with Crippen LogP contribution in [0.3, 0.4) is 0 Å². The van der Waals surface area contributed by atoms with E-state index < -0.39 is 0 Å². The van der Waals surface area contributed by atoms with E-state index in [-0.39, 0.29) is 23.7 Å². The summed E-state index contributed by atoms with van der Waals surface area (Å²) in [5.41, 5.74) is 3.44. The molecular weight excluding hydrogens is 250 g/mol. The van der Waals surface area contributed by atoms with Crippen molar-refractivity contribution in [2.75, 3.05) is 4.90 Å². The van der Waals surface area contributed by atoms with E-state index in [0.717, 1.165) is 18.5 Å². The molecule has 2 atom stereocenters. The number of carbonyl (C=O) groups excluding carboxylic acids is 2. The Morgan fingerprint density at radius 1 is 0.900 bits per heavy atom. The molecule has 4 rings (SSSR count). The number of imide groups is 1. The van der Waals surface area contributed by atoms with Gasteiger partial charge in [-0.1, -0.05) is 18.2 Å². The van der Waals surface area contributed by atoms with Gasteiger partial charge in [-0.15, -0.1) is 0 Å². The molecule has 0 bridgehead atoms. The summed E-state index contributed by atoms with van der Waals surface area (Å²) >= 11 is 0. The van der Waals surface area contributed by atoms with E-state index in [1.54, 1.807) is 0 Å². The Bertz CT molecular complexity index is 606. The number of carbonyl (C=O) groups is 2. The average Bonchev–Trinajstić information content (AvgIpc) is 3.03. The van der Waals surface area contributed by atoms with Crippen molar-refractivity contribution in [2.45, 2.75) is 32.1 Å². The molecule has 2 amide bonds. The van der Waals surface area contributed by atoms with Crippen LogP contribution in [0.15, 0.2) is 30.4 Å². The Kier molecular flexibility index (Phi) is 2.56. The van der Waals surface area contributed by atoms with Crippen molar-refractivity contribution in [3.05, 3.63) is 41.5 Å². The molecule has 3 aliphatic rings. The average molecular weight is 267 g/mol. The van der Waals surface area contributed by atoms with Crippen LogP contribution < -0.4 is 4.90 Å². The molecule has 0 saturated carbocycles. The number of aryl methyl sites for hydroxylation is 2. The van der Waals surface area contributed by atoms with Crippen LogP contribution in [-0.4, -0.2) is 11.8 Å². The van der Waals surface area contributed by atoms with Gasteiger partial charge in [-0.3, -0.25) is 14.5 Å². The molecule has 3 nitrogen and oxygen atoms in total. The van der Waals surface area contributed by atoms with Gasteiger partial charge in [0.1, 0.15) is 0 Å². The molecular formula is C17H17NO2. The predicted octanol–water partition coefficient (Wildman–Crippen LogP) is 2.63. The maximum Gasteiger partial charge on any atom is 0.238 e. The van der Waals surface area contributed by atoms with Crippen molar-refractivity contribution in [3.63, 3.8) is 0 Å². The number of hydrogen-bond donors (Lipinski definition) is 0. The van der Waals surface area contributed by atoms with Gasteiger partial charge in [-0.2, -0.15) is 0 Å². The van der Waals surface area contributed by atoms with E-state index in [0.29, 0.717) is 12.8 Å². The van der Waals surface area contributed by atoms with Crippen molar-refractivity contribution >= 4 is 17.5 Å². The van der Waals surface area contributed by atoms with Crippen LogP contribution in [0.2, 0.25) is 0 Å². The molecule has 0 spiro atoms. The lowest BCUT2D eigenvalue weighted by molar-refractivity contribution is -0.122. The van der Waals surface area contributed by atoms with E-state index in [1.807, 2.05) is 24.3 Å². The topological polar surface area (TPSA) is 37.4 Å². The zero-order valence-corrected chi connectivity index (χ0v) is 11.3. The van der Waals surface area contributed by atoms with Gasteiger partial charge in [0, 0.05) is 0 Å². The lowest BCUT2D eigenvalue weighted by Gasteiger charge is -2.16. The highest BCUT2D eigenvalue weighted by Gasteiger charge is 2.47. The largest absolute Gasteiger partial charge is 0.274 e. The first-order chi connectivity index (χ1) is 9.75. The number of fused-ring (bicyclic) bond motifs is 2. The number of rotatable bonds is 1. The monoisotopic (exact) mass is 267 g/mol. The summed E-state index contributed by atoms with van der Waals surface area (Å²) in [6.07, 6.45) is 8.82. The Labute approximate surface area is 118 Å². The maximum absolute atomic E-state index is 12.5. The third-order valence-electron chi connectivity index (χ3n) is 4.85. The number of nitrogens with zero attached hydrogens (tertiary/aromatic N) is 1. The summed E-state index contributed by atoms with van der Waals surface area (Å²) in [7, 11) is 0. The van der Waals surface area contributed by atoms with Crippen LogP contribution in [0, 0.1) is 11.8 Å². The van der Waals surface area contributed by atoms with E-state index in [9.17, 15) is 9.59 Å². The Balaban J connectivity index is 1.72. The molecule has 1 aromatic rings. The second kappa shape index (κ2) is 4.30. The molecule has 0 N–H and O–H groups in total. The van der Waals surface area contributed by atoms with Crippen molar-refractivity contribution < 1.29 is 9.59 Å². The molecule has 2 unspecified atom stereocenters. The molecule has 2 aliphatic carbocycles. The number of allylic oxidation sites excluding steroid dienone is 2. The van der Waals surface area contributed by atoms with Crippen LogP contribution in [0.5, 0.6) is 0 Å². The fourth-order valence-electron chi connectivity index (χ4n) is 3.75. The van der Waals surface area contributed by atoms with E-state index in [1.165, 1.54) is 22.4 Å². The number of benzene rings is 1. The first-order valence-electron chi connectivity index (χ1n) is 7.40. The number of amides is 2. The van der Waals surface area contributed by atoms with Gasteiger partial charge in [-0.05, 0) is 55.4 Å². The highest BCUT2D eigenvalue weighted by atomic mass is 16.2. The molecule has 102 valence electrons. The summed E-state index contributed by atoms with van der Waals surface area (Å²) in [5, 5.41) is 0. The van der Waals surface area contributed by atoms with Crippen molar-refractivity contribution in [1.82, 2.24) is 0 Å². The molecule has 3 heteroatoms. The second-order valence-electron chi connectivity index (χ2n) is 5.97. The summed E-state index contributed by atoms with van der Waals surface area (Å²) in [6, 6.07) is 6.06.